The molecule has 1 aromatic heterocycles. The lowest BCUT2D eigenvalue weighted by Gasteiger charge is -2.26. The zero-order valence-corrected chi connectivity index (χ0v) is 19.4. The van der Waals surface area contributed by atoms with E-state index in [1.54, 1.807) is 6.26 Å². The molecule has 0 bridgehead atoms. The lowest BCUT2D eigenvalue weighted by molar-refractivity contribution is 0.0376. The third-order valence-corrected chi connectivity index (χ3v) is 5.27. The number of rotatable bonds is 9. The van der Waals surface area contributed by atoms with E-state index in [1.807, 2.05) is 6.07 Å². The van der Waals surface area contributed by atoms with Crippen LogP contribution in [0.25, 0.3) is 0 Å². The van der Waals surface area contributed by atoms with Crippen LogP contribution >= 0.6 is 24.0 Å². The lowest BCUT2D eigenvalue weighted by atomic mass is 10.2. The van der Waals surface area contributed by atoms with Crippen LogP contribution in [0.4, 0.5) is 0 Å². The fraction of sp³-hybridized carbons (Fsp3) is 0.750. The van der Waals surface area contributed by atoms with Gasteiger partial charge in [0.1, 0.15) is 5.76 Å². The van der Waals surface area contributed by atoms with Crippen LogP contribution in [-0.4, -0.2) is 81.3 Å². The molecule has 1 aromatic rings. The van der Waals surface area contributed by atoms with Crippen LogP contribution in [0.5, 0.6) is 0 Å². The predicted octanol–water partition coefficient (Wildman–Crippen LogP) is 2.31. The Labute approximate surface area is 186 Å². The second-order valence-corrected chi connectivity index (χ2v) is 7.23. The molecule has 1 atom stereocenters. The molecule has 3 heterocycles. The van der Waals surface area contributed by atoms with Gasteiger partial charge in [-0.15, -0.1) is 24.0 Å². The molecule has 0 radical (unpaired) electrons. The van der Waals surface area contributed by atoms with E-state index < -0.39 is 0 Å². The monoisotopic (exact) mass is 505 g/mol. The first-order chi connectivity index (χ1) is 13.4. The third-order valence-electron chi connectivity index (χ3n) is 5.27. The van der Waals surface area contributed by atoms with Gasteiger partial charge in [0.2, 0.25) is 0 Å². The van der Waals surface area contributed by atoms with Gasteiger partial charge in [0.15, 0.2) is 5.96 Å². The fourth-order valence-corrected chi connectivity index (χ4v) is 3.77. The summed E-state index contributed by atoms with van der Waals surface area (Å²) in [7, 11) is 0. The number of hydrogen-bond acceptors (Lipinski definition) is 5. The van der Waals surface area contributed by atoms with Crippen molar-refractivity contribution in [2.24, 2.45) is 4.99 Å². The molecule has 2 fully saturated rings. The van der Waals surface area contributed by atoms with Gasteiger partial charge in [0, 0.05) is 26.2 Å². The number of guanidine groups is 1. The van der Waals surface area contributed by atoms with Crippen molar-refractivity contribution in [1.29, 1.82) is 0 Å². The molecule has 0 amide bonds. The normalized spacial score (nSPS) is 20.0. The van der Waals surface area contributed by atoms with Gasteiger partial charge in [-0.2, -0.15) is 0 Å². The summed E-state index contributed by atoms with van der Waals surface area (Å²) in [6.45, 7) is 11.8. The lowest BCUT2D eigenvalue weighted by Crippen LogP contribution is -2.41. The zero-order valence-electron chi connectivity index (χ0n) is 17.1. The Morgan fingerprint density at radius 1 is 1.18 bits per heavy atom. The topological polar surface area (TPSA) is 65.3 Å². The molecule has 2 N–H and O–H groups in total. The van der Waals surface area contributed by atoms with Crippen molar-refractivity contribution in [3.05, 3.63) is 24.2 Å². The SMILES string of the molecule is CCNC(=NCC(c1ccco1)N1CCCC1)NCCCN1CCOCC1.I. The van der Waals surface area contributed by atoms with Gasteiger partial charge < -0.3 is 19.8 Å². The quantitative estimate of drug-likeness (QED) is 0.233. The van der Waals surface area contributed by atoms with E-state index in [1.165, 1.54) is 12.8 Å². The van der Waals surface area contributed by atoms with Gasteiger partial charge in [0.25, 0.3) is 0 Å². The van der Waals surface area contributed by atoms with E-state index in [4.69, 9.17) is 14.1 Å². The molecule has 0 spiro atoms. The molecule has 2 aliphatic rings. The number of nitrogens with zero attached hydrogens (tertiary/aromatic N) is 3. The van der Waals surface area contributed by atoms with Gasteiger partial charge >= 0.3 is 0 Å². The summed E-state index contributed by atoms with van der Waals surface area (Å²) in [5, 5.41) is 6.85. The summed E-state index contributed by atoms with van der Waals surface area (Å²) in [6, 6.07) is 4.27. The van der Waals surface area contributed by atoms with Crippen molar-refractivity contribution >= 4 is 29.9 Å². The second-order valence-electron chi connectivity index (χ2n) is 7.23. The largest absolute Gasteiger partial charge is 0.468 e. The van der Waals surface area contributed by atoms with E-state index in [0.29, 0.717) is 6.54 Å². The van der Waals surface area contributed by atoms with E-state index in [9.17, 15) is 0 Å². The summed E-state index contributed by atoms with van der Waals surface area (Å²) in [5.41, 5.74) is 0. The van der Waals surface area contributed by atoms with Crippen LogP contribution in [0.3, 0.4) is 0 Å². The Bertz CT molecular complexity index is 543. The minimum atomic E-state index is 0. The highest BCUT2D eigenvalue weighted by molar-refractivity contribution is 14.0. The molecular weight excluding hydrogens is 469 g/mol. The van der Waals surface area contributed by atoms with Crippen molar-refractivity contribution < 1.29 is 9.15 Å². The summed E-state index contributed by atoms with van der Waals surface area (Å²) < 4.78 is 11.1. The molecule has 28 heavy (non-hydrogen) atoms. The smallest absolute Gasteiger partial charge is 0.191 e. The molecule has 3 rings (SSSR count). The maximum absolute atomic E-state index is 5.70. The standard InChI is InChI=1S/C20H35N5O2.HI/c1-2-21-20(22-8-6-9-24-12-15-26-16-13-24)23-17-18(19-7-5-14-27-19)25-10-3-4-11-25;/h5,7,14,18H,2-4,6,8-13,15-17H2,1H3,(H2,21,22,23);1H. The fourth-order valence-electron chi connectivity index (χ4n) is 3.77. The zero-order chi connectivity index (χ0) is 18.7. The van der Waals surface area contributed by atoms with Crippen molar-refractivity contribution in [1.82, 2.24) is 20.4 Å². The summed E-state index contributed by atoms with van der Waals surface area (Å²) >= 11 is 0. The first-order valence-electron chi connectivity index (χ1n) is 10.5. The van der Waals surface area contributed by atoms with Crippen LogP contribution in [0, 0.1) is 0 Å². The van der Waals surface area contributed by atoms with Crippen molar-refractivity contribution in [2.75, 3.05) is 65.6 Å². The van der Waals surface area contributed by atoms with Crippen LogP contribution in [0.15, 0.2) is 27.8 Å². The van der Waals surface area contributed by atoms with Gasteiger partial charge in [-0.25, -0.2) is 0 Å². The number of nitrogens with one attached hydrogen (secondary N) is 2. The van der Waals surface area contributed by atoms with E-state index in [2.05, 4.69) is 33.4 Å². The molecule has 160 valence electrons. The van der Waals surface area contributed by atoms with Gasteiger partial charge in [-0.3, -0.25) is 14.8 Å². The number of morpholine rings is 1. The molecular formula is C20H36IN5O2. The number of ether oxygens (including phenoxy) is 1. The first-order valence-corrected chi connectivity index (χ1v) is 10.5. The molecule has 8 heteroatoms. The Hall–Kier alpha value is -0.840. The summed E-state index contributed by atoms with van der Waals surface area (Å²) in [6.07, 6.45) is 5.40. The molecule has 0 saturated carbocycles. The molecule has 2 aliphatic heterocycles. The Kier molecular flexibility index (Phi) is 11.2. The van der Waals surface area contributed by atoms with Crippen LogP contribution in [-0.2, 0) is 4.74 Å². The molecule has 0 aliphatic carbocycles. The van der Waals surface area contributed by atoms with Gasteiger partial charge in [-0.05, 0) is 58.0 Å². The van der Waals surface area contributed by atoms with Gasteiger partial charge in [-0.1, -0.05) is 0 Å². The number of likely N-dealkylation sites (tertiary alicyclic amines) is 1. The minimum Gasteiger partial charge on any atom is -0.468 e. The maximum atomic E-state index is 5.70. The third kappa shape index (κ3) is 7.53. The van der Waals surface area contributed by atoms with E-state index in [-0.39, 0.29) is 30.0 Å². The highest BCUT2D eigenvalue weighted by Gasteiger charge is 2.25. The maximum Gasteiger partial charge on any atom is 0.191 e. The Balaban J connectivity index is 0.00000280. The molecule has 1 unspecified atom stereocenters. The van der Waals surface area contributed by atoms with Crippen LogP contribution < -0.4 is 10.6 Å². The van der Waals surface area contributed by atoms with Crippen molar-refractivity contribution in [3.63, 3.8) is 0 Å². The highest BCUT2D eigenvalue weighted by atomic mass is 127. The number of furan rings is 1. The van der Waals surface area contributed by atoms with Crippen molar-refractivity contribution in [2.45, 2.75) is 32.2 Å². The average Bonchev–Trinajstić information content (AvgIpc) is 3.41. The molecule has 2 saturated heterocycles. The Morgan fingerprint density at radius 2 is 1.96 bits per heavy atom. The number of halogens is 1. The Morgan fingerprint density at radius 3 is 2.64 bits per heavy atom. The summed E-state index contributed by atoms with van der Waals surface area (Å²) in [4.78, 5) is 9.82. The van der Waals surface area contributed by atoms with Gasteiger partial charge in [0.05, 0.1) is 32.1 Å². The summed E-state index contributed by atoms with van der Waals surface area (Å²) in [5.74, 6) is 1.92. The number of hydrogen-bond donors (Lipinski definition) is 2. The number of aliphatic imine (C=N–C) groups is 1. The van der Waals surface area contributed by atoms with Crippen molar-refractivity contribution in [3.8, 4) is 0 Å². The highest BCUT2D eigenvalue weighted by Crippen LogP contribution is 2.25. The molecule has 7 nitrogen and oxygen atoms in total. The van der Waals surface area contributed by atoms with Crippen LogP contribution in [0.2, 0.25) is 0 Å². The second kappa shape index (κ2) is 13.4. The molecule has 0 aromatic carbocycles. The van der Waals surface area contributed by atoms with E-state index in [0.717, 1.165) is 77.2 Å². The minimum absolute atomic E-state index is 0. The van der Waals surface area contributed by atoms with Crippen LogP contribution in [0.1, 0.15) is 38.0 Å². The van der Waals surface area contributed by atoms with E-state index >= 15 is 0 Å². The first kappa shape index (κ1) is 23.4. The predicted molar refractivity (Wildman–Crippen MR) is 124 cm³/mol. The average molecular weight is 505 g/mol.